The second-order valence-corrected chi connectivity index (χ2v) is 4.51. The first kappa shape index (κ1) is 12.9. The van der Waals surface area contributed by atoms with Crippen molar-refractivity contribution in [1.29, 1.82) is 0 Å². The SMILES string of the molecule is COC(CN)CCN1CCN(C)C(C)C1. The molecule has 1 heterocycles. The van der Waals surface area contributed by atoms with Crippen LogP contribution in [0, 0.1) is 0 Å². The van der Waals surface area contributed by atoms with E-state index in [2.05, 4.69) is 23.8 Å². The van der Waals surface area contributed by atoms with E-state index in [-0.39, 0.29) is 6.10 Å². The average molecular weight is 215 g/mol. The van der Waals surface area contributed by atoms with Crippen LogP contribution in [0.2, 0.25) is 0 Å². The van der Waals surface area contributed by atoms with Crippen LogP contribution >= 0.6 is 0 Å². The molecular weight excluding hydrogens is 190 g/mol. The minimum absolute atomic E-state index is 0.222. The molecule has 0 spiro atoms. The number of hydrogen-bond donors (Lipinski definition) is 1. The first-order valence-corrected chi connectivity index (χ1v) is 5.82. The van der Waals surface area contributed by atoms with Gasteiger partial charge in [0.15, 0.2) is 0 Å². The lowest BCUT2D eigenvalue weighted by Gasteiger charge is -2.38. The topological polar surface area (TPSA) is 41.7 Å². The summed E-state index contributed by atoms with van der Waals surface area (Å²) >= 11 is 0. The van der Waals surface area contributed by atoms with Gasteiger partial charge in [0, 0.05) is 45.9 Å². The van der Waals surface area contributed by atoms with Gasteiger partial charge in [-0.1, -0.05) is 0 Å². The van der Waals surface area contributed by atoms with Gasteiger partial charge >= 0.3 is 0 Å². The van der Waals surface area contributed by atoms with E-state index < -0.39 is 0 Å². The van der Waals surface area contributed by atoms with Gasteiger partial charge in [-0.3, -0.25) is 0 Å². The minimum atomic E-state index is 0.222. The molecule has 0 aliphatic carbocycles. The molecule has 4 nitrogen and oxygen atoms in total. The van der Waals surface area contributed by atoms with Crippen molar-refractivity contribution in [3.8, 4) is 0 Å². The van der Waals surface area contributed by atoms with Crippen LogP contribution in [0.3, 0.4) is 0 Å². The highest BCUT2D eigenvalue weighted by Crippen LogP contribution is 2.08. The number of likely N-dealkylation sites (N-methyl/N-ethyl adjacent to an activating group) is 1. The highest BCUT2D eigenvalue weighted by atomic mass is 16.5. The highest BCUT2D eigenvalue weighted by Gasteiger charge is 2.20. The van der Waals surface area contributed by atoms with Gasteiger partial charge in [-0.15, -0.1) is 0 Å². The molecule has 0 amide bonds. The monoisotopic (exact) mass is 215 g/mol. The van der Waals surface area contributed by atoms with E-state index in [1.165, 1.54) is 13.1 Å². The number of rotatable bonds is 5. The third kappa shape index (κ3) is 4.07. The first-order valence-electron chi connectivity index (χ1n) is 5.82. The van der Waals surface area contributed by atoms with E-state index in [0.29, 0.717) is 12.6 Å². The Morgan fingerprint density at radius 3 is 2.73 bits per heavy atom. The second-order valence-electron chi connectivity index (χ2n) is 4.51. The third-order valence-electron chi connectivity index (χ3n) is 3.41. The van der Waals surface area contributed by atoms with Gasteiger partial charge in [-0.25, -0.2) is 0 Å². The molecule has 2 N–H and O–H groups in total. The quantitative estimate of drug-likeness (QED) is 0.700. The summed E-state index contributed by atoms with van der Waals surface area (Å²) in [6.07, 6.45) is 1.27. The Bertz CT molecular complexity index is 173. The Balaban J connectivity index is 2.22. The fraction of sp³-hybridized carbons (Fsp3) is 1.00. The van der Waals surface area contributed by atoms with Gasteiger partial charge in [0.2, 0.25) is 0 Å². The molecule has 0 aromatic carbocycles. The Morgan fingerprint density at radius 1 is 1.47 bits per heavy atom. The summed E-state index contributed by atoms with van der Waals surface area (Å²) in [5.41, 5.74) is 5.60. The fourth-order valence-corrected chi connectivity index (χ4v) is 1.99. The minimum Gasteiger partial charge on any atom is -0.380 e. The number of hydrogen-bond acceptors (Lipinski definition) is 4. The molecule has 90 valence electrons. The lowest BCUT2D eigenvalue weighted by molar-refractivity contribution is 0.0655. The molecule has 1 aliphatic rings. The molecule has 1 aliphatic heterocycles. The number of piperazine rings is 1. The molecule has 0 radical (unpaired) electrons. The Morgan fingerprint density at radius 2 is 2.20 bits per heavy atom. The summed E-state index contributed by atoms with van der Waals surface area (Å²) < 4.78 is 5.28. The van der Waals surface area contributed by atoms with Gasteiger partial charge in [0.25, 0.3) is 0 Å². The molecule has 1 fully saturated rings. The van der Waals surface area contributed by atoms with Gasteiger partial charge in [-0.2, -0.15) is 0 Å². The highest BCUT2D eigenvalue weighted by molar-refractivity contribution is 4.77. The second kappa shape index (κ2) is 6.43. The molecule has 4 heteroatoms. The zero-order valence-corrected chi connectivity index (χ0v) is 10.3. The standard InChI is InChI=1S/C11H25N3O/c1-10-9-14(7-6-13(10)2)5-4-11(8-12)15-3/h10-11H,4-9,12H2,1-3H3. The van der Waals surface area contributed by atoms with Crippen LogP contribution in [0.1, 0.15) is 13.3 Å². The van der Waals surface area contributed by atoms with Crippen molar-refractivity contribution in [3.63, 3.8) is 0 Å². The van der Waals surface area contributed by atoms with Crippen molar-refractivity contribution in [2.45, 2.75) is 25.5 Å². The number of nitrogens with zero attached hydrogens (tertiary/aromatic N) is 2. The van der Waals surface area contributed by atoms with E-state index in [0.717, 1.165) is 19.5 Å². The van der Waals surface area contributed by atoms with Crippen LogP contribution in [0.5, 0.6) is 0 Å². The van der Waals surface area contributed by atoms with Crippen LogP contribution in [-0.4, -0.2) is 68.8 Å². The molecule has 0 aromatic heterocycles. The maximum absolute atomic E-state index is 5.60. The van der Waals surface area contributed by atoms with Gasteiger partial charge in [0.1, 0.15) is 0 Å². The predicted octanol–water partition coefficient (Wildman–Crippen LogP) is -0.0139. The summed E-state index contributed by atoms with van der Waals surface area (Å²) in [4.78, 5) is 4.92. The van der Waals surface area contributed by atoms with E-state index in [9.17, 15) is 0 Å². The molecule has 0 bridgehead atoms. The molecule has 1 rings (SSSR count). The fourth-order valence-electron chi connectivity index (χ4n) is 1.99. The average Bonchev–Trinajstić information content (AvgIpc) is 2.24. The van der Waals surface area contributed by atoms with Gasteiger partial charge in [-0.05, 0) is 20.4 Å². The molecule has 2 atom stereocenters. The van der Waals surface area contributed by atoms with Crippen molar-refractivity contribution >= 4 is 0 Å². The van der Waals surface area contributed by atoms with Crippen molar-refractivity contribution in [1.82, 2.24) is 9.80 Å². The molecule has 2 unspecified atom stereocenters. The van der Waals surface area contributed by atoms with E-state index in [1.54, 1.807) is 7.11 Å². The Hall–Kier alpha value is -0.160. The summed E-state index contributed by atoms with van der Waals surface area (Å²) in [6, 6.07) is 0.664. The number of nitrogens with two attached hydrogens (primary N) is 1. The third-order valence-corrected chi connectivity index (χ3v) is 3.41. The molecule has 15 heavy (non-hydrogen) atoms. The van der Waals surface area contributed by atoms with Crippen molar-refractivity contribution in [2.75, 3.05) is 46.9 Å². The zero-order chi connectivity index (χ0) is 11.3. The van der Waals surface area contributed by atoms with Crippen LogP contribution in [0.25, 0.3) is 0 Å². The molecular formula is C11H25N3O. The summed E-state index contributed by atoms with van der Waals surface area (Å²) in [5, 5.41) is 0. The molecule has 1 saturated heterocycles. The lowest BCUT2D eigenvalue weighted by Crippen LogP contribution is -2.50. The van der Waals surface area contributed by atoms with E-state index in [4.69, 9.17) is 10.5 Å². The van der Waals surface area contributed by atoms with Crippen molar-refractivity contribution < 1.29 is 4.74 Å². The first-order chi connectivity index (χ1) is 7.17. The zero-order valence-electron chi connectivity index (χ0n) is 10.3. The summed E-state index contributed by atoms with van der Waals surface area (Å²) in [5.74, 6) is 0. The summed E-state index contributed by atoms with van der Waals surface area (Å²) in [6.45, 7) is 7.51. The predicted molar refractivity (Wildman–Crippen MR) is 63.0 cm³/mol. The number of methoxy groups -OCH3 is 1. The maximum Gasteiger partial charge on any atom is 0.0705 e. The largest absolute Gasteiger partial charge is 0.380 e. The normalized spacial score (nSPS) is 26.8. The summed E-state index contributed by atoms with van der Waals surface area (Å²) in [7, 11) is 3.93. The van der Waals surface area contributed by atoms with Gasteiger partial charge in [0.05, 0.1) is 6.10 Å². The Kier molecular flexibility index (Phi) is 5.53. The maximum atomic E-state index is 5.60. The van der Waals surface area contributed by atoms with Crippen LogP contribution < -0.4 is 5.73 Å². The van der Waals surface area contributed by atoms with Crippen molar-refractivity contribution in [3.05, 3.63) is 0 Å². The smallest absolute Gasteiger partial charge is 0.0705 e. The van der Waals surface area contributed by atoms with E-state index >= 15 is 0 Å². The molecule has 0 saturated carbocycles. The Labute approximate surface area is 93.4 Å². The van der Waals surface area contributed by atoms with Crippen molar-refractivity contribution in [2.24, 2.45) is 5.73 Å². The van der Waals surface area contributed by atoms with Crippen LogP contribution in [-0.2, 0) is 4.74 Å². The van der Waals surface area contributed by atoms with Gasteiger partial charge < -0.3 is 20.3 Å². The molecule has 0 aromatic rings. The van der Waals surface area contributed by atoms with E-state index in [1.807, 2.05) is 0 Å². The van der Waals surface area contributed by atoms with Crippen LogP contribution in [0.4, 0.5) is 0 Å². The number of ether oxygens (including phenoxy) is 1. The lowest BCUT2D eigenvalue weighted by atomic mass is 10.1. The van der Waals surface area contributed by atoms with Crippen LogP contribution in [0.15, 0.2) is 0 Å².